The molecule has 0 bridgehead atoms. The lowest BCUT2D eigenvalue weighted by Gasteiger charge is -2.26. The molecule has 2 aromatic carbocycles. The molecular formula is C20H21NO4. The van der Waals surface area contributed by atoms with Crippen molar-refractivity contribution in [3.05, 3.63) is 65.7 Å². The van der Waals surface area contributed by atoms with Gasteiger partial charge in [0.05, 0.1) is 6.10 Å². The Morgan fingerprint density at radius 2 is 1.76 bits per heavy atom. The molecule has 5 nitrogen and oxygen atoms in total. The van der Waals surface area contributed by atoms with Crippen LogP contribution in [0.1, 0.15) is 35.2 Å². The zero-order valence-electron chi connectivity index (χ0n) is 13.9. The van der Waals surface area contributed by atoms with Crippen LogP contribution in [0.25, 0.3) is 0 Å². The molecule has 5 heteroatoms. The largest absolute Gasteiger partial charge is 0.490 e. The third-order valence-electron chi connectivity index (χ3n) is 4.36. The van der Waals surface area contributed by atoms with Gasteiger partial charge in [-0.3, -0.25) is 4.79 Å². The highest BCUT2D eigenvalue weighted by Gasteiger charge is 2.22. The number of rotatable bonds is 7. The van der Waals surface area contributed by atoms with Crippen LogP contribution in [-0.4, -0.2) is 29.1 Å². The van der Waals surface area contributed by atoms with Crippen molar-refractivity contribution in [1.82, 2.24) is 5.32 Å². The summed E-state index contributed by atoms with van der Waals surface area (Å²) in [6.07, 6.45) is 3.86. The van der Waals surface area contributed by atoms with Crippen molar-refractivity contribution in [3.8, 4) is 5.75 Å². The fourth-order valence-corrected chi connectivity index (χ4v) is 2.66. The minimum absolute atomic E-state index is 0.241. The number of aliphatic carboxylic acids is 1. The normalized spacial score (nSPS) is 15.0. The minimum atomic E-state index is -1.05. The summed E-state index contributed by atoms with van der Waals surface area (Å²) >= 11 is 0. The lowest BCUT2D eigenvalue weighted by Crippen LogP contribution is -2.42. The Kier molecular flexibility index (Phi) is 5.33. The predicted molar refractivity (Wildman–Crippen MR) is 93.7 cm³/mol. The van der Waals surface area contributed by atoms with Gasteiger partial charge in [-0.05, 0) is 49.1 Å². The van der Waals surface area contributed by atoms with Crippen LogP contribution < -0.4 is 10.1 Å². The van der Waals surface area contributed by atoms with E-state index >= 15 is 0 Å². The molecule has 0 heterocycles. The maximum atomic E-state index is 12.3. The van der Waals surface area contributed by atoms with Gasteiger partial charge in [0.25, 0.3) is 5.91 Å². The van der Waals surface area contributed by atoms with Crippen molar-refractivity contribution in [2.75, 3.05) is 0 Å². The zero-order chi connectivity index (χ0) is 17.6. The number of ether oxygens (including phenoxy) is 1. The highest BCUT2D eigenvalue weighted by Crippen LogP contribution is 2.25. The number of carbonyl (C=O) groups excluding carboxylic acids is 1. The van der Waals surface area contributed by atoms with Crippen molar-refractivity contribution in [2.45, 2.75) is 37.8 Å². The van der Waals surface area contributed by atoms with E-state index in [-0.39, 0.29) is 12.5 Å². The van der Waals surface area contributed by atoms with E-state index < -0.39 is 17.9 Å². The lowest BCUT2D eigenvalue weighted by molar-refractivity contribution is -0.139. The van der Waals surface area contributed by atoms with Gasteiger partial charge in [0.1, 0.15) is 11.8 Å². The fourth-order valence-electron chi connectivity index (χ4n) is 2.66. The van der Waals surface area contributed by atoms with E-state index in [0.29, 0.717) is 5.56 Å². The molecule has 0 radical (unpaired) electrons. The molecule has 0 unspecified atom stereocenters. The molecule has 0 aromatic heterocycles. The summed E-state index contributed by atoms with van der Waals surface area (Å²) in [6.45, 7) is 0. The van der Waals surface area contributed by atoms with E-state index in [4.69, 9.17) is 4.74 Å². The molecule has 0 saturated heterocycles. The second-order valence-electron chi connectivity index (χ2n) is 6.25. The van der Waals surface area contributed by atoms with Gasteiger partial charge in [-0.15, -0.1) is 0 Å². The standard InChI is InChI=1S/C20H21NO4/c22-19(15-9-11-17(12-10-15)25-16-7-4-8-16)21-18(20(23)24)13-14-5-2-1-3-6-14/h1-3,5-6,9-12,16,18H,4,7-8,13H2,(H,21,22)(H,23,24)/t18-/m0/s1. The van der Waals surface area contributed by atoms with Gasteiger partial charge in [0, 0.05) is 12.0 Å². The molecule has 1 aliphatic carbocycles. The van der Waals surface area contributed by atoms with E-state index in [1.54, 1.807) is 24.3 Å². The van der Waals surface area contributed by atoms with Gasteiger partial charge in [-0.25, -0.2) is 4.79 Å². The number of hydrogen-bond acceptors (Lipinski definition) is 3. The van der Waals surface area contributed by atoms with Gasteiger partial charge >= 0.3 is 5.97 Å². The molecule has 2 aromatic rings. The summed E-state index contributed by atoms with van der Waals surface area (Å²) in [5, 5.41) is 12.0. The smallest absolute Gasteiger partial charge is 0.326 e. The van der Waals surface area contributed by atoms with Crippen LogP contribution in [0.3, 0.4) is 0 Å². The van der Waals surface area contributed by atoms with E-state index in [1.807, 2.05) is 30.3 Å². The number of carboxylic acids is 1. The molecule has 25 heavy (non-hydrogen) atoms. The summed E-state index contributed by atoms with van der Waals surface area (Å²) in [6, 6.07) is 15.1. The average Bonchev–Trinajstić information content (AvgIpc) is 2.59. The summed E-state index contributed by atoms with van der Waals surface area (Å²) < 4.78 is 5.76. The Balaban J connectivity index is 1.61. The van der Waals surface area contributed by atoms with Crippen LogP contribution >= 0.6 is 0 Å². The van der Waals surface area contributed by atoms with Crippen LogP contribution in [0, 0.1) is 0 Å². The van der Waals surface area contributed by atoms with Gasteiger partial charge in [-0.2, -0.15) is 0 Å². The molecule has 3 rings (SSSR count). The second kappa shape index (κ2) is 7.83. The maximum absolute atomic E-state index is 12.3. The molecule has 1 fully saturated rings. The zero-order valence-corrected chi connectivity index (χ0v) is 13.9. The lowest BCUT2D eigenvalue weighted by atomic mass is 9.96. The van der Waals surface area contributed by atoms with Gasteiger partial charge < -0.3 is 15.2 Å². The Morgan fingerprint density at radius 1 is 1.08 bits per heavy atom. The SMILES string of the molecule is O=C(N[C@@H](Cc1ccccc1)C(=O)O)c1ccc(OC2CCC2)cc1. The van der Waals surface area contributed by atoms with Crippen molar-refractivity contribution >= 4 is 11.9 Å². The van der Waals surface area contributed by atoms with E-state index in [0.717, 1.165) is 24.2 Å². The van der Waals surface area contributed by atoms with Gasteiger partial charge in [0.15, 0.2) is 0 Å². The average molecular weight is 339 g/mol. The van der Waals surface area contributed by atoms with E-state index in [9.17, 15) is 14.7 Å². The topological polar surface area (TPSA) is 75.6 Å². The Labute approximate surface area is 146 Å². The Morgan fingerprint density at radius 3 is 2.32 bits per heavy atom. The first-order chi connectivity index (χ1) is 12.1. The molecule has 2 N–H and O–H groups in total. The summed E-state index contributed by atoms with van der Waals surface area (Å²) in [5.41, 5.74) is 1.28. The third-order valence-corrected chi connectivity index (χ3v) is 4.36. The first kappa shape index (κ1) is 17.0. The van der Waals surface area contributed by atoms with Crippen LogP contribution in [0.15, 0.2) is 54.6 Å². The Bertz CT molecular complexity index is 723. The Hall–Kier alpha value is -2.82. The molecule has 1 aliphatic rings. The van der Waals surface area contributed by atoms with Crippen LogP contribution in [0.4, 0.5) is 0 Å². The monoisotopic (exact) mass is 339 g/mol. The molecule has 0 aliphatic heterocycles. The highest BCUT2D eigenvalue weighted by molar-refractivity contribution is 5.96. The molecular weight excluding hydrogens is 318 g/mol. The minimum Gasteiger partial charge on any atom is -0.490 e. The van der Waals surface area contributed by atoms with Crippen molar-refractivity contribution < 1.29 is 19.4 Å². The van der Waals surface area contributed by atoms with E-state index in [1.165, 1.54) is 6.42 Å². The highest BCUT2D eigenvalue weighted by atomic mass is 16.5. The van der Waals surface area contributed by atoms with Crippen LogP contribution in [0.5, 0.6) is 5.75 Å². The number of nitrogens with one attached hydrogen (secondary N) is 1. The first-order valence-corrected chi connectivity index (χ1v) is 8.46. The quantitative estimate of drug-likeness (QED) is 0.813. The van der Waals surface area contributed by atoms with Crippen molar-refractivity contribution in [2.24, 2.45) is 0 Å². The van der Waals surface area contributed by atoms with Crippen LogP contribution in [0.2, 0.25) is 0 Å². The van der Waals surface area contributed by atoms with E-state index in [2.05, 4.69) is 5.32 Å². The fraction of sp³-hybridized carbons (Fsp3) is 0.300. The number of hydrogen-bond donors (Lipinski definition) is 2. The molecule has 0 spiro atoms. The van der Waals surface area contributed by atoms with Crippen molar-refractivity contribution in [3.63, 3.8) is 0 Å². The van der Waals surface area contributed by atoms with Crippen molar-refractivity contribution in [1.29, 1.82) is 0 Å². The molecule has 130 valence electrons. The molecule has 1 saturated carbocycles. The van der Waals surface area contributed by atoms with Gasteiger partial charge in [-0.1, -0.05) is 30.3 Å². The summed E-state index contributed by atoms with van der Waals surface area (Å²) in [4.78, 5) is 23.8. The predicted octanol–water partition coefficient (Wildman–Crippen LogP) is 3.04. The van der Waals surface area contributed by atoms with Gasteiger partial charge in [0.2, 0.25) is 0 Å². The summed E-state index contributed by atoms with van der Waals surface area (Å²) in [7, 11) is 0. The molecule has 1 atom stereocenters. The van der Waals surface area contributed by atoms with Crippen LogP contribution in [-0.2, 0) is 11.2 Å². The summed E-state index contributed by atoms with van der Waals surface area (Å²) in [5.74, 6) is -0.721. The number of amides is 1. The molecule has 1 amide bonds. The second-order valence-corrected chi connectivity index (χ2v) is 6.25. The number of benzene rings is 2. The number of carbonyl (C=O) groups is 2. The maximum Gasteiger partial charge on any atom is 0.326 e. The number of carboxylic acid groups (broad SMARTS) is 1. The first-order valence-electron chi connectivity index (χ1n) is 8.46. The third kappa shape index (κ3) is 4.59.